The molecule has 0 amide bonds. The van der Waals surface area contributed by atoms with Crippen molar-refractivity contribution in [2.75, 3.05) is 19.7 Å². The highest BCUT2D eigenvalue weighted by Gasteiger charge is 2.23. The zero-order chi connectivity index (χ0) is 17.6. The number of hydrogen-bond acceptors (Lipinski definition) is 4. The van der Waals surface area contributed by atoms with Crippen molar-refractivity contribution in [1.29, 1.82) is 0 Å². The molecule has 0 spiro atoms. The van der Waals surface area contributed by atoms with Crippen LogP contribution in [-0.4, -0.2) is 34.5 Å². The molecule has 1 aliphatic rings. The zero-order valence-electron chi connectivity index (χ0n) is 15.0. The van der Waals surface area contributed by atoms with Crippen LogP contribution < -0.4 is 10.1 Å². The Morgan fingerprint density at radius 2 is 2.08 bits per heavy atom. The van der Waals surface area contributed by atoms with E-state index < -0.39 is 0 Å². The van der Waals surface area contributed by atoms with Gasteiger partial charge in [0.05, 0.1) is 6.61 Å². The lowest BCUT2D eigenvalue weighted by atomic mass is 9.98. The first kappa shape index (κ1) is 17.9. The van der Waals surface area contributed by atoms with Gasteiger partial charge >= 0.3 is 0 Å². The Labute approximate surface area is 148 Å². The smallest absolute Gasteiger partial charge is 0.135 e. The van der Waals surface area contributed by atoms with Gasteiger partial charge in [0.1, 0.15) is 23.2 Å². The summed E-state index contributed by atoms with van der Waals surface area (Å²) in [5, 5.41) is 12.2. The molecule has 25 heavy (non-hydrogen) atoms. The van der Waals surface area contributed by atoms with E-state index in [1.165, 1.54) is 12.1 Å². The first-order valence-electron chi connectivity index (χ1n) is 9.14. The van der Waals surface area contributed by atoms with Gasteiger partial charge in [-0.3, -0.25) is 0 Å². The molecule has 1 aromatic heterocycles. The molecule has 1 aliphatic heterocycles. The van der Waals surface area contributed by atoms with E-state index in [0.717, 1.165) is 56.3 Å². The highest BCUT2D eigenvalue weighted by molar-refractivity contribution is 5.21. The number of ether oxygens (including phenoxy) is 1. The lowest BCUT2D eigenvalue weighted by molar-refractivity contribution is 0.298. The average Bonchev–Trinajstić information content (AvgIpc) is 3.03. The van der Waals surface area contributed by atoms with Gasteiger partial charge in [-0.15, -0.1) is 10.2 Å². The topological polar surface area (TPSA) is 52.0 Å². The third-order valence-corrected chi connectivity index (χ3v) is 4.60. The minimum absolute atomic E-state index is 0.238. The van der Waals surface area contributed by atoms with Crippen LogP contribution in [0.4, 0.5) is 4.39 Å². The van der Waals surface area contributed by atoms with Crippen LogP contribution in [-0.2, 0) is 13.0 Å². The molecule has 3 rings (SSSR count). The van der Waals surface area contributed by atoms with Crippen LogP contribution in [0.25, 0.3) is 0 Å². The van der Waals surface area contributed by atoms with E-state index in [0.29, 0.717) is 18.4 Å². The largest absolute Gasteiger partial charge is 0.494 e. The van der Waals surface area contributed by atoms with Crippen molar-refractivity contribution in [3.05, 3.63) is 41.7 Å². The number of nitrogens with one attached hydrogen (secondary N) is 1. The summed E-state index contributed by atoms with van der Waals surface area (Å²) in [6, 6.07) is 6.16. The molecule has 2 heterocycles. The Balaban J connectivity index is 1.34. The molecule has 0 fully saturated rings. The summed E-state index contributed by atoms with van der Waals surface area (Å²) in [4.78, 5) is 0. The zero-order valence-corrected chi connectivity index (χ0v) is 15.0. The summed E-state index contributed by atoms with van der Waals surface area (Å²) in [5.74, 6) is 3.75. The molecule has 0 saturated heterocycles. The number of halogens is 1. The van der Waals surface area contributed by atoms with Gasteiger partial charge in [0.15, 0.2) is 0 Å². The maximum Gasteiger partial charge on any atom is 0.135 e. The SMILES string of the molecule is CC(C)c1nnc2n1C[C@H](CNCCCOc1ccc(F)cc1)CC2. The minimum Gasteiger partial charge on any atom is -0.494 e. The lowest BCUT2D eigenvalue weighted by Gasteiger charge is -2.25. The Morgan fingerprint density at radius 1 is 1.28 bits per heavy atom. The number of aromatic nitrogens is 3. The quantitative estimate of drug-likeness (QED) is 0.746. The van der Waals surface area contributed by atoms with Crippen LogP contribution in [0.1, 0.15) is 44.3 Å². The Bertz CT molecular complexity index is 669. The fourth-order valence-electron chi connectivity index (χ4n) is 3.23. The molecular weight excluding hydrogens is 319 g/mol. The first-order chi connectivity index (χ1) is 12.1. The van der Waals surface area contributed by atoms with Crippen molar-refractivity contribution in [2.45, 2.75) is 45.6 Å². The second kappa shape index (κ2) is 8.43. The van der Waals surface area contributed by atoms with Crippen LogP contribution >= 0.6 is 0 Å². The third-order valence-electron chi connectivity index (χ3n) is 4.60. The summed E-state index contributed by atoms with van der Waals surface area (Å²) in [5.41, 5.74) is 0. The van der Waals surface area contributed by atoms with Gasteiger partial charge in [0.25, 0.3) is 0 Å². The number of fused-ring (bicyclic) bond motifs is 1. The molecule has 0 aliphatic carbocycles. The molecule has 136 valence electrons. The minimum atomic E-state index is -0.238. The predicted molar refractivity (Wildman–Crippen MR) is 95.3 cm³/mol. The summed E-state index contributed by atoms with van der Waals surface area (Å²) >= 11 is 0. The van der Waals surface area contributed by atoms with Crippen LogP contribution in [0.5, 0.6) is 5.75 Å². The van der Waals surface area contributed by atoms with Gasteiger partial charge in [-0.2, -0.15) is 0 Å². The fraction of sp³-hybridized carbons (Fsp3) is 0.579. The molecule has 0 bridgehead atoms. The number of benzene rings is 1. The van der Waals surface area contributed by atoms with Crippen molar-refractivity contribution in [2.24, 2.45) is 5.92 Å². The van der Waals surface area contributed by atoms with Crippen molar-refractivity contribution in [3.8, 4) is 5.75 Å². The van der Waals surface area contributed by atoms with Crippen LogP contribution in [0.3, 0.4) is 0 Å². The molecule has 0 unspecified atom stereocenters. The molecule has 0 saturated carbocycles. The highest BCUT2D eigenvalue weighted by atomic mass is 19.1. The summed E-state index contributed by atoms with van der Waals surface area (Å²) in [6.07, 6.45) is 3.11. The molecule has 2 aromatic rings. The van der Waals surface area contributed by atoms with Gasteiger partial charge in [-0.05, 0) is 56.1 Å². The average molecular weight is 346 g/mol. The van der Waals surface area contributed by atoms with Gasteiger partial charge in [-0.25, -0.2) is 4.39 Å². The van der Waals surface area contributed by atoms with E-state index in [-0.39, 0.29) is 5.82 Å². The standard InChI is InChI=1S/C19H27FN4O/c1-14(2)19-23-22-18-9-4-15(13-24(18)19)12-21-10-3-11-25-17-7-5-16(20)6-8-17/h5-8,14-15,21H,3-4,9-13H2,1-2H3/t15-/m0/s1. The van der Waals surface area contributed by atoms with Gasteiger partial charge in [-0.1, -0.05) is 13.8 Å². The fourth-order valence-corrected chi connectivity index (χ4v) is 3.23. The maximum absolute atomic E-state index is 12.8. The summed E-state index contributed by atoms with van der Waals surface area (Å²) in [7, 11) is 0. The van der Waals surface area contributed by atoms with E-state index in [4.69, 9.17) is 4.74 Å². The normalized spacial score (nSPS) is 16.9. The Hall–Kier alpha value is -1.95. The molecule has 6 heteroatoms. The summed E-state index contributed by atoms with van der Waals surface area (Å²) < 4.78 is 20.7. The second-order valence-electron chi connectivity index (χ2n) is 7.00. The second-order valence-corrected chi connectivity index (χ2v) is 7.00. The molecule has 1 N–H and O–H groups in total. The van der Waals surface area contributed by atoms with E-state index in [2.05, 4.69) is 33.9 Å². The van der Waals surface area contributed by atoms with Crippen LogP contribution in [0, 0.1) is 11.7 Å². The van der Waals surface area contributed by atoms with E-state index in [1.807, 2.05) is 0 Å². The van der Waals surface area contributed by atoms with E-state index in [9.17, 15) is 4.39 Å². The number of nitrogens with zero attached hydrogens (tertiary/aromatic N) is 3. The first-order valence-corrected chi connectivity index (χ1v) is 9.14. The Morgan fingerprint density at radius 3 is 2.84 bits per heavy atom. The van der Waals surface area contributed by atoms with Crippen molar-refractivity contribution >= 4 is 0 Å². The molecule has 1 atom stereocenters. The Kier molecular flexibility index (Phi) is 6.02. The van der Waals surface area contributed by atoms with Gasteiger partial charge < -0.3 is 14.6 Å². The predicted octanol–water partition coefficient (Wildman–Crippen LogP) is 3.16. The lowest BCUT2D eigenvalue weighted by Crippen LogP contribution is -2.31. The van der Waals surface area contributed by atoms with Crippen molar-refractivity contribution in [1.82, 2.24) is 20.1 Å². The number of hydrogen-bond donors (Lipinski definition) is 1. The highest BCUT2D eigenvalue weighted by Crippen LogP contribution is 2.23. The van der Waals surface area contributed by atoms with Crippen LogP contribution in [0.2, 0.25) is 0 Å². The molecular formula is C19H27FN4O. The third kappa shape index (κ3) is 4.78. The van der Waals surface area contributed by atoms with Gasteiger partial charge in [0, 0.05) is 18.9 Å². The monoisotopic (exact) mass is 346 g/mol. The maximum atomic E-state index is 12.8. The molecule has 5 nitrogen and oxygen atoms in total. The van der Waals surface area contributed by atoms with Crippen molar-refractivity contribution in [3.63, 3.8) is 0 Å². The van der Waals surface area contributed by atoms with Crippen molar-refractivity contribution < 1.29 is 9.13 Å². The van der Waals surface area contributed by atoms with E-state index in [1.54, 1.807) is 12.1 Å². The molecule has 0 radical (unpaired) electrons. The van der Waals surface area contributed by atoms with Gasteiger partial charge in [0.2, 0.25) is 0 Å². The number of rotatable bonds is 8. The number of aryl methyl sites for hydroxylation is 1. The van der Waals surface area contributed by atoms with E-state index >= 15 is 0 Å². The molecule has 1 aromatic carbocycles. The van der Waals surface area contributed by atoms with Crippen LogP contribution in [0.15, 0.2) is 24.3 Å². The summed E-state index contributed by atoms with van der Waals surface area (Å²) in [6.45, 7) is 7.90.